The Morgan fingerprint density at radius 3 is 2.65 bits per heavy atom. The van der Waals surface area contributed by atoms with Gasteiger partial charge in [-0.05, 0) is 38.8 Å². The first kappa shape index (κ1) is 14.6. The van der Waals surface area contributed by atoms with Crippen LogP contribution >= 0.6 is 0 Å². The number of aromatic nitrogens is 4. The van der Waals surface area contributed by atoms with Crippen LogP contribution in [0.3, 0.4) is 0 Å². The van der Waals surface area contributed by atoms with Crippen molar-refractivity contribution in [3.63, 3.8) is 0 Å². The fraction of sp³-hybridized carbons (Fsp3) is 0.500. The zero-order valence-electron chi connectivity index (χ0n) is 12.5. The van der Waals surface area contributed by atoms with Crippen molar-refractivity contribution >= 4 is 0 Å². The molecule has 0 radical (unpaired) electrons. The Morgan fingerprint density at radius 1 is 1.30 bits per heavy atom. The van der Waals surface area contributed by atoms with Gasteiger partial charge in [0.2, 0.25) is 0 Å². The number of hydrazine groups is 1. The molecule has 0 aromatic carbocycles. The summed E-state index contributed by atoms with van der Waals surface area (Å²) in [6.45, 7) is 8.24. The van der Waals surface area contributed by atoms with E-state index in [1.54, 1.807) is 6.33 Å². The van der Waals surface area contributed by atoms with Crippen LogP contribution in [0.25, 0.3) is 0 Å². The van der Waals surface area contributed by atoms with Gasteiger partial charge in [-0.15, -0.1) is 0 Å². The van der Waals surface area contributed by atoms with Gasteiger partial charge in [-0.2, -0.15) is 5.10 Å². The Morgan fingerprint density at radius 2 is 2.05 bits per heavy atom. The Kier molecular flexibility index (Phi) is 4.46. The van der Waals surface area contributed by atoms with E-state index in [0.717, 1.165) is 22.6 Å². The summed E-state index contributed by atoms with van der Waals surface area (Å²) in [5, 5.41) is 4.25. The maximum atomic E-state index is 5.71. The molecule has 0 saturated heterocycles. The lowest BCUT2D eigenvalue weighted by Crippen LogP contribution is -2.32. The van der Waals surface area contributed by atoms with Gasteiger partial charge in [0.05, 0.1) is 11.7 Å². The van der Waals surface area contributed by atoms with Gasteiger partial charge in [0, 0.05) is 18.7 Å². The summed E-state index contributed by atoms with van der Waals surface area (Å²) in [7, 11) is 0. The van der Waals surface area contributed by atoms with E-state index in [1.807, 2.05) is 24.7 Å². The molecule has 0 saturated carbocycles. The van der Waals surface area contributed by atoms with Gasteiger partial charge in [-0.3, -0.25) is 16.3 Å². The van der Waals surface area contributed by atoms with Crippen LogP contribution in [0, 0.1) is 13.8 Å². The van der Waals surface area contributed by atoms with E-state index in [1.165, 1.54) is 0 Å². The quantitative estimate of drug-likeness (QED) is 0.639. The van der Waals surface area contributed by atoms with Crippen molar-refractivity contribution in [3.8, 4) is 0 Å². The van der Waals surface area contributed by atoms with Crippen LogP contribution in [0.2, 0.25) is 0 Å². The second-order valence-corrected chi connectivity index (χ2v) is 5.35. The average molecular weight is 274 g/mol. The molecule has 2 heterocycles. The van der Waals surface area contributed by atoms with Crippen molar-refractivity contribution in [1.82, 2.24) is 25.2 Å². The number of aryl methyl sites for hydroxylation is 2. The normalized spacial score (nSPS) is 12.9. The van der Waals surface area contributed by atoms with Gasteiger partial charge in [0.25, 0.3) is 0 Å². The molecule has 0 fully saturated rings. The highest BCUT2D eigenvalue weighted by Gasteiger charge is 2.18. The summed E-state index contributed by atoms with van der Waals surface area (Å²) in [4.78, 5) is 8.83. The molecule has 0 amide bonds. The third-order valence-corrected chi connectivity index (χ3v) is 3.31. The van der Waals surface area contributed by atoms with Crippen LogP contribution in [-0.2, 0) is 6.42 Å². The minimum Gasteiger partial charge on any atom is -0.271 e. The summed E-state index contributed by atoms with van der Waals surface area (Å²) in [5.74, 6) is 6.61. The van der Waals surface area contributed by atoms with E-state index in [9.17, 15) is 0 Å². The smallest absolute Gasteiger partial charge is 0.138 e. The van der Waals surface area contributed by atoms with Crippen molar-refractivity contribution in [2.75, 3.05) is 0 Å². The highest BCUT2D eigenvalue weighted by Crippen LogP contribution is 2.20. The maximum Gasteiger partial charge on any atom is 0.138 e. The highest BCUT2D eigenvalue weighted by atomic mass is 15.3. The van der Waals surface area contributed by atoms with Crippen molar-refractivity contribution in [2.45, 2.75) is 46.2 Å². The van der Waals surface area contributed by atoms with Gasteiger partial charge < -0.3 is 0 Å². The van der Waals surface area contributed by atoms with Crippen molar-refractivity contribution in [3.05, 3.63) is 41.2 Å². The van der Waals surface area contributed by atoms with Crippen LogP contribution in [0.5, 0.6) is 0 Å². The molecular formula is C14H22N6. The van der Waals surface area contributed by atoms with Crippen molar-refractivity contribution in [2.24, 2.45) is 5.84 Å². The van der Waals surface area contributed by atoms with Crippen LogP contribution in [-0.4, -0.2) is 19.7 Å². The number of pyridine rings is 1. The number of nitrogens with two attached hydrogens (primary N) is 1. The molecule has 2 aromatic heterocycles. The summed E-state index contributed by atoms with van der Waals surface area (Å²) in [6, 6.07) is 2.31. The molecule has 108 valence electrons. The highest BCUT2D eigenvalue weighted by molar-refractivity contribution is 5.26. The topological polar surface area (TPSA) is 81.7 Å². The number of nitrogens with zero attached hydrogens (tertiary/aromatic N) is 4. The van der Waals surface area contributed by atoms with Crippen LogP contribution in [0.4, 0.5) is 0 Å². The van der Waals surface area contributed by atoms with Gasteiger partial charge in [0.15, 0.2) is 0 Å². The molecule has 6 heteroatoms. The molecule has 0 aliphatic rings. The number of rotatable bonds is 5. The number of hydrogen-bond donors (Lipinski definition) is 2. The Bertz CT molecular complexity index is 575. The van der Waals surface area contributed by atoms with E-state index in [4.69, 9.17) is 5.84 Å². The zero-order chi connectivity index (χ0) is 14.7. The average Bonchev–Trinajstić information content (AvgIpc) is 2.85. The van der Waals surface area contributed by atoms with Gasteiger partial charge >= 0.3 is 0 Å². The second kappa shape index (κ2) is 6.11. The lowest BCUT2D eigenvalue weighted by Gasteiger charge is -2.18. The van der Waals surface area contributed by atoms with E-state index in [0.29, 0.717) is 6.42 Å². The predicted molar refractivity (Wildman–Crippen MR) is 77.9 cm³/mol. The molecular weight excluding hydrogens is 252 g/mol. The summed E-state index contributed by atoms with van der Waals surface area (Å²) >= 11 is 0. The lowest BCUT2D eigenvalue weighted by atomic mass is 10.0. The fourth-order valence-electron chi connectivity index (χ4n) is 2.36. The van der Waals surface area contributed by atoms with Crippen LogP contribution in [0.15, 0.2) is 18.6 Å². The molecule has 2 aromatic rings. The molecule has 0 spiro atoms. The molecule has 3 N–H and O–H groups in total. The molecule has 0 bridgehead atoms. The molecule has 2 rings (SSSR count). The van der Waals surface area contributed by atoms with Gasteiger partial charge in [-0.1, -0.05) is 6.07 Å². The third kappa shape index (κ3) is 3.02. The largest absolute Gasteiger partial charge is 0.271 e. The van der Waals surface area contributed by atoms with Crippen molar-refractivity contribution in [1.29, 1.82) is 0 Å². The van der Waals surface area contributed by atoms with E-state index < -0.39 is 0 Å². The monoisotopic (exact) mass is 274 g/mol. The van der Waals surface area contributed by atoms with Gasteiger partial charge in [0.1, 0.15) is 12.2 Å². The number of hydrogen-bond acceptors (Lipinski definition) is 5. The van der Waals surface area contributed by atoms with Crippen molar-refractivity contribution < 1.29 is 0 Å². The first-order valence-corrected chi connectivity index (χ1v) is 6.80. The summed E-state index contributed by atoms with van der Waals surface area (Å²) < 4.78 is 1.91. The summed E-state index contributed by atoms with van der Waals surface area (Å²) in [5.41, 5.74) is 6.07. The van der Waals surface area contributed by atoms with E-state index >= 15 is 0 Å². The zero-order valence-corrected chi connectivity index (χ0v) is 12.5. The molecule has 20 heavy (non-hydrogen) atoms. The van der Waals surface area contributed by atoms with Crippen LogP contribution < -0.4 is 11.3 Å². The maximum absolute atomic E-state index is 5.71. The number of nitrogens with one attached hydrogen (secondary N) is 1. The minimum atomic E-state index is -0.0719. The first-order valence-electron chi connectivity index (χ1n) is 6.80. The summed E-state index contributed by atoms with van der Waals surface area (Å²) in [6.07, 6.45) is 4.10. The molecule has 1 atom stereocenters. The Hall–Kier alpha value is -1.79. The van der Waals surface area contributed by atoms with E-state index in [-0.39, 0.29) is 12.1 Å². The standard InChI is InChI=1S/C14H22N6/c1-9(2)20-13(17-8-18-20)6-12(19-15)14-11(4)5-10(3)7-16-14/h5,7-9,12,19H,6,15H2,1-4H3. The molecule has 0 aliphatic carbocycles. The molecule has 1 unspecified atom stereocenters. The minimum absolute atomic E-state index is 0.0719. The molecule has 6 nitrogen and oxygen atoms in total. The lowest BCUT2D eigenvalue weighted by molar-refractivity contribution is 0.463. The fourth-order valence-corrected chi connectivity index (χ4v) is 2.36. The van der Waals surface area contributed by atoms with E-state index in [2.05, 4.69) is 40.4 Å². The third-order valence-electron chi connectivity index (χ3n) is 3.31. The Labute approximate surface area is 119 Å². The molecule has 0 aliphatic heterocycles. The van der Waals surface area contributed by atoms with Gasteiger partial charge in [-0.25, -0.2) is 9.67 Å². The van der Waals surface area contributed by atoms with Crippen LogP contribution in [0.1, 0.15) is 48.6 Å². The Balaban J connectivity index is 2.27. The SMILES string of the molecule is Cc1cnc(C(Cc2ncnn2C(C)C)NN)c(C)c1. The first-order chi connectivity index (χ1) is 9.52. The second-order valence-electron chi connectivity index (χ2n) is 5.35. The predicted octanol–water partition coefficient (Wildman–Crippen LogP) is 1.62.